The minimum Gasteiger partial charge on any atom is -0.482 e. The number of ether oxygens (including phenoxy) is 2. The second kappa shape index (κ2) is 10.7. The summed E-state index contributed by atoms with van der Waals surface area (Å²) in [6.45, 7) is 1.64. The summed E-state index contributed by atoms with van der Waals surface area (Å²) in [4.78, 5) is 24.4. The Labute approximate surface area is 193 Å². The van der Waals surface area contributed by atoms with Crippen LogP contribution in [0, 0.1) is 6.92 Å². The SMILES string of the molecule is Cc1cccc(C(=O)Oc2ccc(Br)cc2/C=N\NC(=O)COc2ccccc2Cl)c1. The number of carbonyl (C=O) groups is 2. The van der Waals surface area contributed by atoms with Gasteiger partial charge in [-0.1, -0.05) is 57.4 Å². The molecule has 3 aromatic carbocycles. The maximum absolute atomic E-state index is 12.5. The van der Waals surface area contributed by atoms with Crippen LogP contribution >= 0.6 is 27.5 Å². The van der Waals surface area contributed by atoms with Crippen molar-refractivity contribution in [3.05, 3.63) is 92.9 Å². The van der Waals surface area contributed by atoms with Gasteiger partial charge in [0.05, 0.1) is 16.8 Å². The van der Waals surface area contributed by atoms with E-state index in [1.807, 2.05) is 13.0 Å². The number of nitrogens with zero attached hydrogens (tertiary/aromatic N) is 1. The first-order chi connectivity index (χ1) is 14.9. The van der Waals surface area contributed by atoms with E-state index < -0.39 is 11.9 Å². The number of esters is 1. The molecule has 0 aliphatic rings. The zero-order valence-electron chi connectivity index (χ0n) is 16.5. The fourth-order valence-electron chi connectivity index (χ4n) is 2.56. The number of aryl methyl sites for hydroxylation is 1. The van der Waals surface area contributed by atoms with E-state index >= 15 is 0 Å². The number of hydrogen-bond acceptors (Lipinski definition) is 5. The summed E-state index contributed by atoms with van der Waals surface area (Å²) in [5, 5.41) is 4.33. The van der Waals surface area contributed by atoms with Gasteiger partial charge in [-0.15, -0.1) is 0 Å². The Balaban J connectivity index is 1.63. The lowest BCUT2D eigenvalue weighted by Gasteiger charge is -2.09. The second-order valence-corrected chi connectivity index (χ2v) is 7.78. The van der Waals surface area contributed by atoms with Gasteiger partial charge in [0.25, 0.3) is 5.91 Å². The number of amides is 1. The van der Waals surface area contributed by atoms with Crippen molar-refractivity contribution in [1.29, 1.82) is 0 Å². The molecule has 0 spiro atoms. The predicted molar refractivity (Wildman–Crippen MR) is 123 cm³/mol. The third kappa shape index (κ3) is 6.67. The summed E-state index contributed by atoms with van der Waals surface area (Å²) in [5.41, 5.74) is 4.26. The first kappa shape index (κ1) is 22.5. The highest BCUT2D eigenvalue weighted by Crippen LogP contribution is 2.24. The number of benzene rings is 3. The molecule has 31 heavy (non-hydrogen) atoms. The van der Waals surface area contributed by atoms with Gasteiger partial charge >= 0.3 is 5.97 Å². The molecular weight excluding hydrogens is 484 g/mol. The van der Waals surface area contributed by atoms with E-state index in [1.54, 1.807) is 60.7 Å². The summed E-state index contributed by atoms with van der Waals surface area (Å²) < 4.78 is 11.6. The molecule has 0 bridgehead atoms. The summed E-state index contributed by atoms with van der Waals surface area (Å²) in [7, 11) is 0. The van der Waals surface area contributed by atoms with Gasteiger partial charge in [-0.2, -0.15) is 5.10 Å². The molecule has 0 aliphatic carbocycles. The Morgan fingerprint density at radius 3 is 2.65 bits per heavy atom. The monoisotopic (exact) mass is 500 g/mol. The molecule has 0 aromatic heterocycles. The highest BCUT2D eigenvalue weighted by Gasteiger charge is 2.12. The fraction of sp³-hybridized carbons (Fsp3) is 0.0870. The van der Waals surface area contributed by atoms with Crippen LogP contribution in [0.1, 0.15) is 21.5 Å². The molecule has 0 saturated heterocycles. The van der Waals surface area contributed by atoms with Crippen molar-refractivity contribution in [3.8, 4) is 11.5 Å². The Kier molecular flexibility index (Phi) is 7.81. The standard InChI is InChI=1S/C23H18BrClN2O4/c1-15-5-4-6-16(11-15)23(29)31-20-10-9-18(24)12-17(20)13-26-27-22(28)14-30-21-8-3-2-7-19(21)25/h2-13H,14H2,1H3,(H,27,28)/b26-13-. The molecule has 3 rings (SSSR count). The van der Waals surface area contributed by atoms with Gasteiger partial charge in [-0.3, -0.25) is 4.79 Å². The summed E-state index contributed by atoms with van der Waals surface area (Å²) in [6.07, 6.45) is 1.39. The molecule has 0 radical (unpaired) electrons. The average Bonchev–Trinajstić information content (AvgIpc) is 2.75. The molecule has 0 atom stereocenters. The molecule has 0 saturated carbocycles. The number of hydrazone groups is 1. The molecule has 0 aliphatic heterocycles. The van der Waals surface area contributed by atoms with E-state index in [0.717, 1.165) is 10.0 Å². The average molecular weight is 502 g/mol. The zero-order valence-corrected chi connectivity index (χ0v) is 18.8. The summed E-state index contributed by atoms with van der Waals surface area (Å²) in [5.74, 6) is -0.247. The topological polar surface area (TPSA) is 77.0 Å². The van der Waals surface area contributed by atoms with Gasteiger partial charge in [-0.05, 0) is 49.4 Å². The van der Waals surface area contributed by atoms with Gasteiger partial charge in [-0.25, -0.2) is 10.2 Å². The summed E-state index contributed by atoms with van der Waals surface area (Å²) >= 11 is 9.36. The Morgan fingerprint density at radius 1 is 1.06 bits per heavy atom. The van der Waals surface area contributed by atoms with Crippen molar-refractivity contribution < 1.29 is 19.1 Å². The minimum atomic E-state index is -0.488. The molecule has 1 N–H and O–H groups in total. The van der Waals surface area contributed by atoms with Crippen LogP contribution in [0.25, 0.3) is 0 Å². The van der Waals surface area contributed by atoms with Crippen LogP contribution in [0.4, 0.5) is 0 Å². The maximum Gasteiger partial charge on any atom is 0.343 e. The zero-order chi connectivity index (χ0) is 22.2. The molecule has 1 amide bonds. The first-order valence-corrected chi connectivity index (χ1v) is 10.4. The Morgan fingerprint density at radius 2 is 1.87 bits per heavy atom. The van der Waals surface area contributed by atoms with E-state index in [1.165, 1.54) is 6.21 Å². The second-order valence-electron chi connectivity index (χ2n) is 6.45. The van der Waals surface area contributed by atoms with E-state index in [2.05, 4.69) is 26.5 Å². The molecular formula is C23H18BrClN2O4. The van der Waals surface area contributed by atoms with Crippen LogP contribution < -0.4 is 14.9 Å². The van der Waals surface area contributed by atoms with Gasteiger partial charge < -0.3 is 9.47 Å². The lowest BCUT2D eigenvalue weighted by Crippen LogP contribution is -2.24. The third-order valence-electron chi connectivity index (χ3n) is 4.02. The van der Waals surface area contributed by atoms with Crippen LogP contribution in [0.5, 0.6) is 11.5 Å². The number of nitrogens with one attached hydrogen (secondary N) is 1. The largest absolute Gasteiger partial charge is 0.482 e. The van der Waals surface area contributed by atoms with E-state index in [9.17, 15) is 9.59 Å². The van der Waals surface area contributed by atoms with Crippen LogP contribution in [0.3, 0.4) is 0 Å². The third-order valence-corrected chi connectivity index (χ3v) is 4.82. The van der Waals surface area contributed by atoms with Crippen molar-refractivity contribution in [3.63, 3.8) is 0 Å². The van der Waals surface area contributed by atoms with Crippen LogP contribution in [-0.4, -0.2) is 24.7 Å². The van der Waals surface area contributed by atoms with Crippen molar-refractivity contribution in [2.45, 2.75) is 6.92 Å². The number of halogens is 2. The van der Waals surface area contributed by atoms with Crippen molar-refractivity contribution in [2.75, 3.05) is 6.61 Å². The van der Waals surface area contributed by atoms with Crippen molar-refractivity contribution in [1.82, 2.24) is 5.43 Å². The highest BCUT2D eigenvalue weighted by atomic mass is 79.9. The molecule has 8 heteroatoms. The molecule has 0 unspecified atom stereocenters. The predicted octanol–water partition coefficient (Wildman–Crippen LogP) is 5.16. The Hall–Kier alpha value is -3.16. The van der Waals surface area contributed by atoms with Crippen molar-refractivity contribution in [2.24, 2.45) is 5.10 Å². The molecule has 3 aromatic rings. The molecule has 158 valence electrons. The lowest BCUT2D eigenvalue weighted by molar-refractivity contribution is -0.123. The van der Waals surface area contributed by atoms with Crippen LogP contribution in [0.15, 0.2) is 76.3 Å². The van der Waals surface area contributed by atoms with Gasteiger partial charge in [0.15, 0.2) is 6.61 Å². The fourth-order valence-corrected chi connectivity index (χ4v) is 3.12. The van der Waals surface area contributed by atoms with Gasteiger partial charge in [0.1, 0.15) is 11.5 Å². The molecule has 0 heterocycles. The van der Waals surface area contributed by atoms with Crippen molar-refractivity contribution >= 4 is 45.6 Å². The highest BCUT2D eigenvalue weighted by molar-refractivity contribution is 9.10. The number of rotatable bonds is 7. The van der Waals surface area contributed by atoms with Gasteiger partial charge in [0, 0.05) is 10.0 Å². The number of para-hydroxylation sites is 1. The smallest absolute Gasteiger partial charge is 0.343 e. The summed E-state index contributed by atoms with van der Waals surface area (Å²) in [6, 6.07) is 19.1. The quantitative estimate of drug-likeness (QED) is 0.210. The number of hydrogen-bond donors (Lipinski definition) is 1. The molecule has 6 nitrogen and oxygen atoms in total. The van der Waals surface area contributed by atoms with Crippen LogP contribution in [-0.2, 0) is 4.79 Å². The first-order valence-electron chi connectivity index (χ1n) is 9.20. The van der Waals surface area contributed by atoms with Crippen LogP contribution in [0.2, 0.25) is 5.02 Å². The van der Waals surface area contributed by atoms with E-state index in [4.69, 9.17) is 21.1 Å². The van der Waals surface area contributed by atoms with E-state index in [0.29, 0.717) is 27.6 Å². The van der Waals surface area contributed by atoms with Gasteiger partial charge in [0.2, 0.25) is 0 Å². The normalized spacial score (nSPS) is 10.7. The maximum atomic E-state index is 12.5. The minimum absolute atomic E-state index is 0.255. The van der Waals surface area contributed by atoms with E-state index in [-0.39, 0.29) is 6.61 Å². The number of carbonyl (C=O) groups excluding carboxylic acids is 2. The molecule has 0 fully saturated rings. The Bertz CT molecular complexity index is 1130. The lowest BCUT2D eigenvalue weighted by atomic mass is 10.1.